The average Bonchev–Trinajstić information content (AvgIpc) is 2.76. The summed E-state index contributed by atoms with van der Waals surface area (Å²) in [5.74, 6) is 0.444. The van der Waals surface area contributed by atoms with Crippen molar-refractivity contribution in [2.24, 2.45) is 5.92 Å². The summed E-state index contributed by atoms with van der Waals surface area (Å²) in [6.45, 7) is 11.3. The third kappa shape index (κ3) is 6.03. The third-order valence-corrected chi connectivity index (χ3v) is 5.46. The molecule has 0 spiro atoms. The lowest BCUT2D eigenvalue weighted by atomic mass is 9.96. The summed E-state index contributed by atoms with van der Waals surface area (Å²) in [4.78, 5) is 22.1. The van der Waals surface area contributed by atoms with Crippen molar-refractivity contribution < 1.29 is 9.18 Å². The van der Waals surface area contributed by atoms with E-state index >= 15 is 0 Å². The van der Waals surface area contributed by atoms with Crippen LogP contribution in [0.25, 0.3) is 0 Å². The van der Waals surface area contributed by atoms with E-state index in [2.05, 4.69) is 60.1 Å². The van der Waals surface area contributed by atoms with Gasteiger partial charge in [0, 0.05) is 24.8 Å². The number of halogens is 1. The number of aryl methyl sites for hydroxylation is 1. The smallest absolute Gasteiger partial charge is 0.246 e. The fraction of sp³-hybridized carbons (Fsp3) is 0.458. The molecule has 2 aromatic rings. The molecule has 2 heterocycles. The van der Waals surface area contributed by atoms with Crippen LogP contribution in [0.1, 0.15) is 44.7 Å². The van der Waals surface area contributed by atoms with E-state index in [-0.39, 0.29) is 17.8 Å². The Hall–Kier alpha value is -2.96. The Balaban J connectivity index is 1.72. The summed E-state index contributed by atoms with van der Waals surface area (Å²) >= 11 is 0. The highest BCUT2D eigenvalue weighted by Gasteiger charge is 2.23. The van der Waals surface area contributed by atoms with E-state index in [9.17, 15) is 9.18 Å². The second-order valence-electron chi connectivity index (χ2n) is 8.42. The number of nitrogens with one attached hydrogen (secondary N) is 2. The van der Waals surface area contributed by atoms with Crippen LogP contribution in [0.15, 0.2) is 37.1 Å². The minimum absolute atomic E-state index is 0.0723. The molecule has 0 saturated carbocycles. The number of carbonyl (C=O) groups is 1. The molecule has 3 rings (SSSR count). The topological polar surface area (TPSA) is 70.2 Å². The van der Waals surface area contributed by atoms with Gasteiger partial charge in [-0.1, -0.05) is 33.4 Å². The summed E-state index contributed by atoms with van der Waals surface area (Å²) in [6.07, 6.45) is 6.14. The number of nitrogens with zero attached hydrogens (tertiary/aromatic N) is 3. The molecule has 31 heavy (non-hydrogen) atoms. The highest BCUT2D eigenvalue weighted by atomic mass is 19.1. The number of aromatic nitrogens is 2. The fourth-order valence-corrected chi connectivity index (χ4v) is 3.95. The van der Waals surface area contributed by atoms with E-state index in [1.54, 1.807) is 4.90 Å². The molecule has 1 aliphatic rings. The Morgan fingerprint density at radius 2 is 2.19 bits per heavy atom. The van der Waals surface area contributed by atoms with Crippen LogP contribution >= 0.6 is 0 Å². The van der Waals surface area contributed by atoms with Gasteiger partial charge >= 0.3 is 0 Å². The van der Waals surface area contributed by atoms with Crippen molar-refractivity contribution in [1.82, 2.24) is 14.9 Å². The molecular formula is C24H32FN5O. The molecule has 166 valence electrons. The molecule has 0 bridgehead atoms. The van der Waals surface area contributed by atoms with E-state index in [1.807, 2.05) is 6.07 Å². The lowest BCUT2D eigenvalue weighted by Crippen LogP contribution is -2.44. The number of amides is 1. The first-order valence-electron chi connectivity index (χ1n) is 11.0. The van der Waals surface area contributed by atoms with Gasteiger partial charge in [-0.2, -0.15) is 4.98 Å². The highest BCUT2D eigenvalue weighted by Crippen LogP contribution is 2.23. The quantitative estimate of drug-likeness (QED) is 0.600. The molecule has 1 atom stereocenters. The Kier molecular flexibility index (Phi) is 7.60. The van der Waals surface area contributed by atoms with Crippen LogP contribution in [0.2, 0.25) is 0 Å². The molecule has 1 aromatic carbocycles. The van der Waals surface area contributed by atoms with Crippen molar-refractivity contribution in [3.8, 4) is 0 Å². The lowest BCUT2D eigenvalue weighted by molar-refractivity contribution is -0.127. The van der Waals surface area contributed by atoms with Crippen molar-refractivity contribution in [1.29, 1.82) is 0 Å². The van der Waals surface area contributed by atoms with Crippen molar-refractivity contribution in [3.63, 3.8) is 0 Å². The molecule has 0 radical (unpaired) electrons. The van der Waals surface area contributed by atoms with Crippen molar-refractivity contribution >= 4 is 23.4 Å². The van der Waals surface area contributed by atoms with Gasteiger partial charge in [-0.3, -0.25) is 4.79 Å². The molecule has 1 fully saturated rings. The molecule has 6 nitrogen and oxygen atoms in total. The van der Waals surface area contributed by atoms with Crippen LogP contribution in [-0.4, -0.2) is 39.9 Å². The molecule has 2 N–H and O–H groups in total. The van der Waals surface area contributed by atoms with Gasteiger partial charge in [0.25, 0.3) is 0 Å². The molecule has 7 heteroatoms. The summed E-state index contributed by atoms with van der Waals surface area (Å²) < 4.78 is 14.4. The second kappa shape index (κ2) is 10.4. The number of benzene rings is 1. The Labute approximate surface area is 184 Å². The van der Waals surface area contributed by atoms with Crippen LogP contribution in [-0.2, 0) is 17.6 Å². The monoisotopic (exact) mass is 425 g/mol. The summed E-state index contributed by atoms with van der Waals surface area (Å²) in [5, 5.41) is 6.34. The van der Waals surface area contributed by atoms with Gasteiger partial charge in [0.15, 0.2) is 11.6 Å². The van der Waals surface area contributed by atoms with Crippen LogP contribution in [0, 0.1) is 11.7 Å². The standard InChI is InChI=1S/C24H32FN5O/c1-5-17-13-19(10-9-18(17)12-16(3)4)28-24-26-14-21(25)23(29-24)27-20-8-7-11-30(15-20)22(31)6-2/h6,9-10,13-14,16,20H,2,5,7-8,11-12,15H2,1,3-4H3,(H2,26,27,28,29). The molecule has 1 aliphatic heterocycles. The number of carbonyl (C=O) groups excluding carboxylic acids is 1. The van der Waals surface area contributed by atoms with E-state index < -0.39 is 5.82 Å². The number of hydrogen-bond acceptors (Lipinski definition) is 5. The Morgan fingerprint density at radius 1 is 1.39 bits per heavy atom. The molecule has 1 amide bonds. The molecule has 1 unspecified atom stereocenters. The second-order valence-corrected chi connectivity index (χ2v) is 8.42. The summed E-state index contributed by atoms with van der Waals surface area (Å²) in [5.41, 5.74) is 3.51. The van der Waals surface area contributed by atoms with Gasteiger partial charge in [-0.25, -0.2) is 9.37 Å². The zero-order chi connectivity index (χ0) is 22.4. The van der Waals surface area contributed by atoms with Crippen LogP contribution < -0.4 is 10.6 Å². The maximum Gasteiger partial charge on any atom is 0.246 e. The van der Waals surface area contributed by atoms with Gasteiger partial charge in [0.1, 0.15) is 0 Å². The van der Waals surface area contributed by atoms with Gasteiger partial charge in [0.2, 0.25) is 11.9 Å². The van der Waals surface area contributed by atoms with E-state index in [1.165, 1.54) is 23.4 Å². The number of anilines is 3. The molecular weight excluding hydrogens is 393 g/mol. The summed E-state index contributed by atoms with van der Waals surface area (Å²) in [7, 11) is 0. The largest absolute Gasteiger partial charge is 0.363 e. The third-order valence-electron chi connectivity index (χ3n) is 5.46. The first kappa shape index (κ1) is 22.7. The van der Waals surface area contributed by atoms with Crippen LogP contribution in [0.4, 0.5) is 21.8 Å². The van der Waals surface area contributed by atoms with Crippen LogP contribution in [0.5, 0.6) is 0 Å². The van der Waals surface area contributed by atoms with Gasteiger partial charge in [-0.05, 0) is 60.9 Å². The van der Waals surface area contributed by atoms with Crippen molar-refractivity contribution in [2.75, 3.05) is 23.7 Å². The number of hydrogen-bond donors (Lipinski definition) is 2. The summed E-state index contributed by atoms with van der Waals surface area (Å²) in [6, 6.07) is 6.18. The zero-order valence-electron chi connectivity index (χ0n) is 18.6. The van der Waals surface area contributed by atoms with Gasteiger partial charge in [-0.15, -0.1) is 0 Å². The molecule has 1 saturated heterocycles. The van der Waals surface area contributed by atoms with Crippen molar-refractivity contribution in [3.05, 3.63) is 54.0 Å². The predicted octanol–water partition coefficient (Wildman–Crippen LogP) is 4.71. The SMILES string of the molecule is C=CC(=O)N1CCCC(Nc2nc(Nc3ccc(CC(C)C)c(CC)c3)ncc2F)C1. The minimum Gasteiger partial charge on any atom is -0.363 e. The van der Waals surface area contributed by atoms with E-state index in [4.69, 9.17) is 0 Å². The predicted molar refractivity (Wildman–Crippen MR) is 123 cm³/mol. The van der Waals surface area contributed by atoms with Gasteiger partial charge < -0.3 is 15.5 Å². The zero-order valence-corrected chi connectivity index (χ0v) is 18.6. The fourth-order valence-electron chi connectivity index (χ4n) is 3.95. The van der Waals surface area contributed by atoms with E-state index in [0.717, 1.165) is 31.4 Å². The maximum atomic E-state index is 14.4. The Morgan fingerprint density at radius 3 is 2.90 bits per heavy atom. The highest BCUT2D eigenvalue weighted by molar-refractivity contribution is 5.87. The average molecular weight is 426 g/mol. The maximum absolute atomic E-state index is 14.4. The van der Waals surface area contributed by atoms with Crippen molar-refractivity contribution in [2.45, 2.75) is 52.5 Å². The van der Waals surface area contributed by atoms with Gasteiger partial charge in [0.05, 0.1) is 6.20 Å². The number of likely N-dealkylation sites (tertiary alicyclic amines) is 1. The molecule has 1 aromatic heterocycles. The lowest BCUT2D eigenvalue weighted by Gasteiger charge is -2.32. The van der Waals surface area contributed by atoms with E-state index in [0.29, 0.717) is 25.0 Å². The minimum atomic E-state index is -0.515. The number of piperidine rings is 1. The Bertz CT molecular complexity index is 930. The number of rotatable bonds is 8. The first-order valence-corrected chi connectivity index (χ1v) is 11.0. The normalized spacial score (nSPS) is 16.3. The first-order chi connectivity index (χ1) is 14.9. The molecule has 0 aliphatic carbocycles. The van der Waals surface area contributed by atoms with Crippen LogP contribution in [0.3, 0.4) is 0 Å².